The summed E-state index contributed by atoms with van der Waals surface area (Å²) < 4.78 is 51.8. The Morgan fingerprint density at radius 1 is 1.31 bits per heavy atom. The van der Waals surface area contributed by atoms with Gasteiger partial charge in [-0.15, -0.1) is 24.0 Å². The highest BCUT2D eigenvalue weighted by Crippen LogP contribution is 2.34. The second kappa shape index (κ2) is 12.0. The zero-order chi connectivity index (χ0) is 19.0. The minimum atomic E-state index is -3.12. The summed E-state index contributed by atoms with van der Waals surface area (Å²) in [6, 6.07) is 2.72. The fraction of sp³-hybridized carbons (Fsp3) is 0.500. The van der Waals surface area contributed by atoms with Crippen LogP contribution in [0.5, 0.6) is 5.75 Å². The Labute approximate surface area is 178 Å². The molecule has 0 spiro atoms. The van der Waals surface area contributed by atoms with E-state index in [1.165, 1.54) is 12.1 Å². The van der Waals surface area contributed by atoms with Gasteiger partial charge in [0.25, 0.3) is 0 Å². The third-order valence-electron chi connectivity index (χ3n) is 2.81. The normalized spacial score (nSPS) is 11.9. The highest BCUT2D eigenvalue weighted by molar-refractivity contribution is 14.0. The number of benzene rings is 1. The standard InChI is InChI=1S/C14H19Cl2F2N3O3S.HI/c1-3-19-14(20-4-5-25(2,22)23)21-8-9-6-10(15)7-11(16)12(9)24-13(17)18;/h6-7,13H,3-5,8H2,1-2H3,(H2,19,20,21);1H. The van der Waals surface area contributed by atoms with Crippen molar-refractivity contribution in [1.82, 2.24) is 10.6 Å². The predicted molar refractivity (Wildman–Crippen MR) is 111 cm³/mol. The van der Waals surface area contributed by atoms with Crippen LogP contribution in [-0.2, 0) is 16.4 Å². The van der Waals surface area contributed by atoms with Crippen LogP contribution in [0.25, 0.3) is 0 Å². The molecule has 0 aromatic heterocycles. The van der Waals surface area contributed by atoms with E-state index >= 15 is 0 Å². The van der Waals surface area contributed by atoms with E-state index < -0.39 is 16.4 Å². The van der Waals surface area contributed by atoms with Gasteiger partial charge in [-0.25, -0.2) is 13.4 Å². The first kappa shape index (κ1) is 25.4. The van der Waals surface area contributed by atoms with Crippen molar-refractivity contribution in [2.45, 2.75) is 20.1 Å². The molecule has 1 aromatic carbocycles. The van der Waals surface area contributed by atoms with Gasteiger partial charge in [-0.05, 0) is 19.1 Å². The average molecular weight is 546 g/mol. The van der Waals surface area contributed by atoms with Crippen molar-refractivity contribution < 1.29 is 21.9 Å². The first-order chi connectivity index (χ1) is 11.6. The molecule has 0 aliphatic carbocycles. The largest absolute Gasteiger partial charge is 0.433 e. The summed E-state index contributed by atoms with van der Waals surface area (Å²) in [6.45, 7) is -0.572. The predicted octanol–water partition coefficient (Wildman–Crippen LogP) is 3.31. The fourth-order valence-corrected chi connectivity index (χ4v) is 2.87. The van der Waals surface area contributed by atoms with Gasteiger partial charge in [0.05, 0.1) is 17.3 Å². The Hall–Kier alpha value is -0.590. The maximum atomic E-state index is 12.5. The van der Waals surface area contributed by atoms with Gasteiger partial charge in [-0.1, -0.05) is 23.2 Å². The summed E-state index contributed by atoms with van der Waals surface area (Å²) in [7, 11) is -3.12. The molecular weight excluding hydrogens is 526 g/mol. The molecule has 1 rings (SSSR count). The first-order valence-corrected chi connectivity index (χ1v) is 10.1. The molecule has 0 radical (unpaired) electrons. The lowest BCUT2D eigenvalue weighted by Crippen LogP contribution is -2.39. The second-order valence-electron chi connectivity index (χ2n) is 5.01. The lowest BCUT2D eigenvalue weighted by Gasteiger charge is -2.14. The number of halogens is 5. The molecular formula is C14H20Cl2F2IN3O3S. The summed E-state index contributed by atoms with van der Waals surface area (Å²) in [5.41, 5.74) is 0.276. The van der Waals surface area contributed by atoms with Gasteiger partial charge in [0, 0.05) is 29.9 Å². The number of nitrogens with one attached hydrogen (secondary N) is 2. The van der Waals surface area contributed by atoms with Crippen molar-refractivity contribution in [2.24, 2.45) is 4.99 Å². The van der Waals surface area contributed by atoms with Crippen molar-refractivity contribution in [1.29, 1.82) is 0 Å². The van der Waals surface area contributed by atoms with Gasteiger partial charge >= 0.3 is 6.61 Å². The van der Waals surface area contributed by atoms with Crippen molar-refractivity contribution in [3.8, 4) is 5.75 Å². The van der Waals surface area contributed by atoms with Crippen LogP contribution in [0, 0.1) is 0 Å². The highest BCUT2D eigenvalue weighted by Gasteiger charge is 2.15. The monoisotopic (exact) mass is 545 g/mol. The summed E-state index contributed by atoms with van der Waals surface area (Å²) in [5.74, 6) is 0.0576. The molecule has 2 N–H and O–H groups in total. The Bertz CT molecular complexity index is 722. The number of hydrogen-bond donors (Lipinski definition) is 2. The van der Waals surface area contributed by atoms with E-state index in [-0.39, 0.29) is 64.2 Å². The maximum Gasteiger partial charge on any atom is 0.387 e. The molecule has 0 bridgehead atoms. The van der Waals surface area contributed by atoms with E-state index in [0.29, 0.717) is 12.5 Å². The van der Waals surface area contributed by atoms with Crippen LogP contribution in [0.15, 0.2) is 17.1 Å². The quantitative estimate of drug-likeness (QED) is 0.298. The Balaban J connectivity index is 0.00000625. The molecule has 0 heterocycles. The van der Waals surface area contributed by atoms with Crippen molar-refractivity contribution in [3.63, 3.8) is 0 Å². The molecule has 0 aliphatic rings. The van der Waals surface area contributed by atoms with Crippen LogP contribution >= 0.6 is 47.2 Å². The molecule has 0 unspecified atom stereocenters. The summed E-state index contributed by atoms with van der Waals surface area (Å²) in [5, 5.41) is 5.97. The number of nitrogens with zero attached hydrogens (tertiary/aromatic N) is 1. The molecule has 0 aliphatic heterocycles. The van der Waals surface area contributed by atoms with E-state index in [9.17, 15) is 17.2 Å². The number of sulfone groups is 1. The summed E-state index contributed by atoms with van der Waals surface area (Å²) in [6.07, 6.45) is 1.13. The van der Waals surface area contributed by atoms with Crippen LogP contribution in [0.1, 0.15) is 12.5 Å². The number of hydrogen-bond acceptors (Lipinski definition) is 4. The van der Waals surface area contributed by atoms with Crippen LogP contribution < -0.4 is 15.4 Å². The zero-order valence-corrected chi connectivity index (χ0v) is 18.7. The minimum absolute atomic E-state index is 0. The third-order valence-corrected chi connectivity index (χ3v) is 4.25. The fourth-order valence-electron chi connectivity index (χ4n) is 1.81. The van der Waals surface area contributed by atoms with Crippen LogP contribution in [0.4, 0.5) is 8.78 Å². The van der Waals surface area contributed by atoms with E-state index in [4.69, 9.17) is 23.2 Å². The lowest BCUT2D eigenvalue weighted by atomic mass is 10.2. The molecule has 0 fully saturated rings. The molecule has 0 saturated carbocycles. The van der Waals surface area contributed by atoms with Gasteiger partial charge in [0.1, 0.15) is 15.6 Å². The van der Waals surface area contributed by atoms with E-state index in [1.54, 1.807) is 0 Å². The zero-order valence-electron chi connectivity index (χ0n) is 14.1. The number of rotatable bonds is 8. The van der Waals surface area contributed by atoms with E-state index in [1.807, 2.05) is 6.92 Å². The van der Waals surface area contributed by atoms with Gasteiger partial charge in [-0.2, -0.15) is 8.78 Å². The topological polar surface area (TPSA) is 79.8 Å². The smallest absolute Gasteiger partial charge is 0.387 e. The van der Waals surface area contributed by atoms with Crippen LogP contribution in [0.3, 0.4) is 0 Å². The average Bonchev–Trinajstić information content (AvgIpc) is 2.46. The number of aliphatic imine (C=N–C) groups is 1. The molecule has 26 heavy (non-hydrogen) atoms. The number of guanidine groups is 1. The Morgan fingerprint density at radius 3 is 2.50 bits per heavy atom. The third kappa shape index (κ3) is 9.93. The minimum Gasteiger partial charge on any atom is -0.433 e. The van der Waals surface area contributed by atoms with Crippen LogP contribution in [0.2, 0.25) is 10.0 Å². The van der Waals surface area contributed by atoms with E-state index in [0.717, 1.165) is 6.26 Å². The lowest BCUT2D eigenvalue weighted by molar-refractivity contribution is -0.0503. The number of ether oxygens (including phenoxy) is 1. The molecule has 12 heteroatoms. The van der Waals surface area contributed by atoms with Gasteiger partial charge in [-0.3, -0.25) is 0 Å². The molecule has 0 amide bonds. The molecule has 150 valence electrons. The van der Waals surface area contributed by atoms with Gasteiger partial charge in [0.2, 0.25) is 0 Å². The molecule has 6 nitrogen and oxygen atoms in total. The highest BCUT2D eigenvalue weighted by atomic mass is 127. The van der Waals surface area contributed by atoms with Gasteiger partial charge < -0.3 is 15.4 Å². The van der Waals surface area contributed by atoms with Crippen LogP contribution in [-0.4, -0.2) is 46.1 Å². The maximum absolute atomic E-state index is 12.5. The summed E-state index contributed by atoms with van der Waals surface area (Å²) in [4.78, 5) is 4.21. The summed E-state index contributed by atoms with van der Waals surface area (Å²) >= 11 is 11.8. The molecule has 1 aromatic rings. The second-order valence-corrected chi connectivity index (χ2v) is 8.11. The molecule has 0 atom stereocenters. The first-order valence-electron chi connectivity index (χ1n) is 7.25. The Kier molecular flexibility index (Phi) is 11.7. The SMILES string of the molecule is CCNC(=NCc1cc(Cl)cc(Cl)c1OC(F)F)NCCS(C)(=O)=O.I. The molecule has 0 saturated heterocycles. The van der Waals surface area contributed by atoms with Crippen molar-refractivity contribution in [2.75, 3.05) is 25.1 Å². The Morgan fingerprint density at radius 2 is 1.96 bits per heavy atom. The van der Waals surface area contributed by atoms with Gasteiger partial charge in [0.15, 0.2) is 5.96 Å². The van der Waals surface area contributed by atoms with Crippen molar-refractivity contribution in [3.05, 3.63) is 27.7 Å². The van der Waals surface area contributed by atoms with Crippen molar-refractivity contribution >= 4 is 63.0 Å². The number of alkyl halides is 2. The van der Waals surface area contributed by atoms with E-state index in [2.05, 4.69) is 20.4 Å².